The first-order valence-electron chi connectivity index (χ1n) is 4.77. The largest absolute Gasteiger partial charge is 0.261 e. The monoisotopic (exact) mass is 202 g/mol. The number of halogens is 1. The first-order chi connectivity index (χ1) is 7.27. The number of aromatic nitrogens is 2. The Labute approximate surface area is 87.8 Å². The second-order valence-corrected chi connectivity index (χ2v) is 3.40. The van der Waals surface area contributed by atoms with Gasteiger partial charge in [-0.3, -0.25) is 4.98 Å². The van der Waals surface area contributed by atoms with Crippen LogP contribution in [-0.4, -0.2) is 9.97 Å². The highest BCUT2D eigenvalue weighted by molar-refractivity contribution is 5.25. The van der Waals surface area contributed by atoms with Gasteiger partial charge >= 0.3 is 0 Å². The van der Waals surface area contributed by atoms with E-state index in [0.29, 0.717) is 12.0 Å². The molecule has 0 aromatic carbocycles. The van der Waals surface area contributed by atoms with Crippen LogP contribution in [0.15, 0.2) is 36.7 Å². The lowest BCUT2D eigenvalue weighted by molar-refractivity contribution is 0.569. The number of aryl methyl sites for hydroxylation is 1. The summed E-state index contributed by atoms with van der Waals surface area (Å²) in [6.45, 7) is 1.97. The van der Waals surface area contributed by atoms with Crippen LogP contribution in [0, 0.1) is 12.9 Å². The number of nitrogens with zero attached hydrogens (tertiary/aromatic N) is 2. The molecule has 0 aliphatic carbocycles. The summed E-state index contributed by atoms with van der Waals surface area (Å²) >= 11 is 0. The number of rotatable bonds is 2. The second kappa shape index (κ2) is 4.17. The Balaban J connectivity index is 2.30. The summed E-state index contributed by atoms with van der Waals surface area (Å²) in [6, 6.07) is 7.31. The highest BCUT2D eigenvalue weighted by atomic mass is 19.1. The lowest BCUT2D eigenvalue weighted by atomic mass is 10.1. The summed E-state index contributed by atoms with van der Waals surface area (Å²) in [5, 5.41) is 0. The molecule has 15 heavy (non-hydrogen) atoms. The molecule has 2 rings (SSSR count). The van der Waals surface area contributed by atoms with Crippen LogP contribution in [0.3, 0.4) is 0 Å². The molecule has 0 bridgehead atoms. The van der Waals surface area contributed by atoms with Gasteiger partial charge in [0.05, 0.1) is 0 Å². The van der Waals surface area contributed by atoms with E-state index in [0.717, 1.165) is 11.3 Å². The van der Waals surface area contributed by atoms with Crippen LogP contribution < -0.4 is 0 Å². The Morgan fingerprint density at radius 3 is 2.60 bits per heavy atom. The first-order valence-corrected chi connectivity index (χ1v) is 4.77. The van der Waals surface area contributed by atoms with Gasteiger partial charge in [-0.2, -0.15) is 4.39 Å². The Morgan fingerprint density at radius 1 is 1.13 bits per heavy atom. The van der Waals surface area contributed by atoms with Crippen molar-refractivity contribution in [1.29, 1.82) is 0 Å². The van der Waals surface area contributed by atoms with E-state index in [9.17, 15) is 4.39 Å². The van der Waals surface area contributed by atoms with Crippen LogP contribution in [0.5, 0.6) is 0 Å². The summed E-state index contributed by atoms with van der Waals surface area (Å²) in [4.78, 5) is 7.83. The number of hydrogen-bond donors (Lipinski definition) is 0. The van der Waals surface area contributed by atoms with Gasteiger partial charge in [-0.25, -0.2) is 4.98 Å². The van der Waals surface area contributed by atoms with E-state index in [1.165, 1.54) is 6.20 Å². The van der Waals surface area contributed by atoms with E-state index in [4.69, 9.17) is 0 Å². The third-order valence-corrected chi connectivity index (χ3v) is 2.31. The normalized spacial score (nSPS) is 10.3. The van der Waals surface area contributed by atoms with Crippen molar-refractivity contribution in [1.82, 2.24) is 9.97 Å². The molecule has 2 aromatic heterocycles. The van der Waals surface area contributed by atoms with Gasteiger partial charge in [0.15, 0.2) is 0 Å². The first kappa shape index (κ1) is 9.77. The predicted octanol–water partition coefficient (Wildman–Crippen LogP) is 2.51. The maximum absolute atomic E-state index is 13.3. The third kappa shape index (κ3) is 2.18. The molecule has 0 saturated carbocycles. The minimum Gasteiger partial charge on any atom is -0.261 e. The Morgan fingerprint density at radius 2 is 1.87 bits per heavy atom. The molecule has 0 atom stereocenters. The maximum Gasteiger partial charge on any atom is 0.216 e. The topological polar surface area (TPSA) is 25.8 Å². The summed E-state index contributed by atoms with van der Waals surface area (Å²) < 4.78 is 13.3. The summed E-state index contributed by atoms with van der Waals surface area (Å²) in [6.07, 6.45) is 3.66. The molecule has 0 radical (unpaired) electrons. The Kier molecular flexibility index (Phi) is 2.72. The quantitative estimate of drug-likeness (QED) is 0.699. The van der Waals surface area contributed by atoms with Crippen molar-refractivity contribution in [3.05, 3.63) is 59.4 Å². The molecule has 76 valence electrons. The minimum absolute atomic E-state index is 0.414. The average molecular weight is 202 g/mol. The van der Waals surface area contributed by atoms with Crippen LogP contribution in [0.25, 0.3) is 0 Å². The van der Waals surface area contributed by atoms with Gasteiger partial charge in [-0.1, -0.05) is 12.1 Å². The number of pyridine rings is 2. The van der Waals surface area contributed by atoms with E-state index >= 15 is 0 Å². The van der Waals surface area contributed by atoms with E-state index in [1.807, 2.05) is 19.1 Å². The van der Waals surface area contributed by atoms with E-state index in [-0.39, 0.29) is 0 Å². The van der Waals surface area contributed by atoms with Crippen LogP contribution in [0.2, 0.25) is 0 Å². The predicted molar refractivity (Wildman–Crippen MR) is 56.0 cm³/mol. The van der Waals surface area contributed by atoms with Crippen molar-refractivity contribution in [3.63, 3.8) is 0 Å². The fourth-order valence-corrected chi connectivity index (χ4v) is 1.44. The van der Waals surface area contributed by atoms with Crippen LogP contribution in [-0.2, 0) is 6.42 Å². The molecule has 2 aromatic rings. The zero-order valence-electron chi connectivity index (χ0n) is 8.44. The standard InChI is InChI=1S/C12H11FN2/c1-9-4-2-6-14-11(9)8-10-5-3-7-15-12(10)13/h2-7H,8H2,1H3. The lowest BCUT2D eigenvalue weighted by Crippen LogP contribution is -1.98. The van der Waals surface area contributed by atoms with Gasteiger partial charge in [-0.15, -0.1) is 0 Å². The SMILES string of the molecule is Cc1cccnc1Cc1cccnc1F. The zero-order chi connectivity index (χ0) is 10.7. The van der Waals surface area contributed by atoms with Crippen LogP contribution in [0.1, 0.15) is 16.8 Å². The van der Waals surface area contributed by atoms with E-state index < -0.39 is 5.95 Å². The Bertz CT molecular complexity index is 425. The van der Waals surface area contributed by atoms with E-state index in [2.05, 4.69) is 9.97 Å². The minimum atomic E-state index is -0.414. The second-order valence-electron chi connectivity index (χ2n) is 3.40. The number of hydrogen-bond acceptors (Lipinski definition) is 2. The van der Waals surface area contributed by atoms with Crippen LogP contribution in [0.4, 0.5) is 4.39 Å². The van der Waals surface area contributed by atoms with Gasteiger partial charge in [0, 0.05) is 30.1 Å². The van der Waals surface area contributed by atoms with Gasteiger partial charge in [0.25, 0.3) is 0 Å². The fraction of sp³-hybridized carbons (Fsp3) is 0.167. The maximum atomic E-state index is 13.3. The van der Waals surface area contributed by atoms with Gasteiger partial charge in [0.1, 0.15) is 0 Å². The summed E-state index contributed by atoms with van der Waals surface area (Å²) in [5.41, 5.74) is 2.55. The van der Waals surface area contributed by atoms with Crippen LogP contribution >= 0.6 is 0 Å². The average Bonchev–Trinajstić information content (AvgIpc) is 2.24. The molecule has 0 saturated heterocycles. The molecular formula is C12H11FN2. The van der Waals surface area contributed by atoms with Crippen molar-refractivity contribution in [3.8, 4) is 0 Å². The third-order valence-electron chi connectivity index (χ3n) is 2.31. The molecule has 0 N–H and O–H groups in total. The fourth-order valence-electron chi connectivity index (χ4n) is 1.44. The molecule has 0 spiro atoms. The summed E-state index contributed by atoms with van der Waals surface area (Å²) in [5.74, 6) is -0.414. The van der Waals surface area contributed by atoms with Gasteiger partial charge in [-0.05, 0) is 24.6 Å². The smallest absolute Gasteiger partial charge is 0.216 e. The highest BCUT2D eigenvalue weighted by Gasteiger charge is 2.05. The van der Waals surface area contributed by atoms with Crippen molar-refractivity contribution in [2.75, 3.05) is 0 Å². The molecule has 3 heteroatoms. The Hall–Kier alpha value is -1.77. The molecule has 0 aliphatic heterocycles. The molecule has 2 heterocycles. The van der Waals surface area contributed by atoms with Gasteiger partial charge in [0.2, 0.25) is 5.95 Å². The molecule has 0 aliphatic rings. The van der Waals surface area contributed by atoms with Gasteiger partial charge < -0.3 is 0 Å². The summed E-state index contributed by atoms with van der Waals surface area (Å²) in [7, 11) is 0. The van der Waals surface area contributed by atoms with E-state index in [1.54, 1.807) is 18.3 Å². The molecule has 0 fully saturated rings. The lowest BCUT2D eigenvalue weighted by Gasteiger charge is -2.04. The van der Waals surface area contributed by atoms with Crippen molar-refractivity contribution in [2.24, 2.45) is 0 Å². The zero-order valence-corrected chi connectivity index (χ0v) is 8.44. The molecule has 2 nitrogen and oxygen atoms in total. The molecule has 0 unspecified atom stereocenters. The van der Waals surface area contributed by atoms with Crippen molar-refractivity contribution < 1.29 is 4.39 Å². The molecule has 0 amide bonds. The van der Waals surface area contributed by atoms with Crippen molar-refractivity contribution >= 4 is 0 Å². The van der Waals surface area contributed by atoms with Crippen molar-refractivity contribution in [2.45, 2.75) is 13.3 Å². The highest BCUT2D eigenvalue weighted by Crippen LogP contribution is 2.12. The molecular weight excluding hydrogens is 191 g/mol.